The fraction of sp³-hybridized carbons (Fsp3) is 0.333. The molecule has 1 heterocycles. The van der Waals surface area contributed by atoms with Crippen molar-refractivity contribution in [3.8, 4) is 0 Å². The zero-order valence-corrected chi connectivity index (χ0v) is 9.24. The van der Waals surface area contributed by atoms with Gasteiger partial charge in [0.05, 0.1) is 6.54 Å². The topological polar surface area (TPSA) is 56.7 Å². The third-order valence-corrected chi connectivity index (χ3v) is 2.44. The quantitative estimate of drug-likeness (QED) is 0.905. The van der Waals surface area contributed by atoms with E-state index in [1.54, 1.807) is 4.80 Å². The second-order valence-electron chi connectivity index (χ2n) is 3.07. The van der Waals surface area contributed by atoms with Crippen molar-refractivity contribution in [1.82, 2.24) is 15.0 Å². The first-order chi connectivity index (χ1) is 6.79. The first kappa shape index (κ1) is 9.61. The van der Waals surface area contributed by atoms with Gasteiger partial charge in [0.25, 0.3) is 0 Å². The summed E-state index contributed by atoms with van der Waals surface area (Å²) in [5, 5.41) is 8.65. The molecule has 0 saturated carbocycles. The monoisotopic (exact) mass is 254 g/mol. The molecule has 1 aromatic carbocycles. The molecule has 2 N–H and O–H groups in total. The van der Waals surface area contributed by atoms with Crippen molar-refractivity contribution in [3.63, 3.8) is 0 Å². The van der Waals surface area contributed by atoms with Crippen LogP contribution in [0.4, 0.5) is 0 Å². The molecule has 0 radical (unpaired) electrons. The van der Waals surface area contributed by atoms with Crippen molar-refractivity contribution < 1.29 is 0 Å². The molecule has 2 aromatic rings. The van der Waals surface area contributed by atoms with Gasteiger partial charge < -0.3 is 5.73 Å². The highest BCUT2D eigenvalue weighted by Gasteiger charge is 2.01. The molecule has 0 unspecified atom stereocenters. The number of aromatic nitrogens is 3. The third-order valence-electron chi connectivity index (χ3n) is 1.95. The summed E-state index contributed by atoms with van der Waals surface area (Å²) in [5.74, 6) is 0. The number of aryl methyl sites for hydroxylation is 1. The summed E-state index contributed by atoms with van der Waals surface area (Å²) in [6, 6.07) is 5.87. The van der Waals surface area contributed by atoms with E-state index in [9.17, 15) is 0 Å². The Hall–Kier alpha value is -0.940. The fourth-order valence-corrected chi connectivity index (χ4v) is 1.61. The average molecular weight is 255 g/mol. The van der Waals surface area contributed by atoms with Gasteiger partial charge >= 0.3 is 0 Å². The highest BCUT2D eigenvalue weighted by molar-refractivity contribution is 9.10. The van der Waals surface area contributed by atoms with Crippen LogP contribution in [-0.4, -0.2) is 21.5 Å². The third kappa shape index (κ3) is 1.93. The van der Waals surface area contributed by atoms with Crippen LogP contribution in [0.15, 0.2) is 22.7 Å². The van der Waals surface area contributed by atoms with Gasteiger partial charge in [-0.1, -0.05) is 15.9 Å². The lowest BCUT2D eigenvalue weighted by atomic mass is 10.3. The van der Waals surface area contributed by atoms with Crippen LogP contribution in [-0.2, 0) is 6.54 Å². The van der Waals surface area contributed by atoms with Crippen molar-refractivity contribution in [3.05, 3.63) is 22.7 Å². The molecule has 0 spiro atoms. The summed E-state index contributed by atoms with van der Waals surface area (Å²) < 4.78 is 1.02. The predicted molar refractivity (Wildman–Crippen MR) is 58.9 cm³/mol. The molecule has 2 rings (SSSR count). The molecule has 1 aromatic heterocycles. The van der Waals surface area contributed by atoms with Crippen LogP contribution in [0.5, 0.6) is 0 Å². The number of fused-ring (bicyclic) bond motifs is 1. The van der Waals surface area contributed by atoms with E-state index in [4.69, 9.17) is 5.73 Å². The minimum atomic E-state index is 0.668. The van der Waals surface area contributed by atoms with Crippen LogP contribution in [0.1, 0.15) is 6.42 Å². The van der Waals surface area contributed by atoms with Gasteiger partial charge in [-0.25, -0.2) is 0 Å². The summed E-state index contributed by atoms with van der Waals surface area (Å²) in [6.07, 6.45) is 0.905. The summed E-state index contributed by atoms with van der Waals surface area (Å²) >= 11 is 3.40. The number of nitrogens with two attached hydrogens (primary N) is 1. The van der Waals surface area contributed by atoms with Crippen molar-refractivity contribution in [1.29, 1.82) is 0 Å². The number of benzene rings is 1. The molecular formula is C9H11BrN4. The van der Waals surface area contributed by atoms with E-state index in [0.29, 0.717) is 6.54 Å². The summed E-state index contributed by atoms with van der Waals surface area (Å²) in [6.45, 7) is 1.45. The van der Waals surface area contributed by atoms with Crippen LogP contribution in [0.2, 0.25) is 0 Å². The van der Waals surface area contributed by atoms with Crippen LogP contribution < -0.4 is 5.73 Å². The van der Waals surface area contributed by atoms with Gasteiger partial charge in [-0.15, -0.1) is 0 Å². The number of rotatable bonds is 3. The first-order valence-electron chi connectivity index (χ1n) is 4.50. The van der Waals surface area contributed by atoms with Gasteiger partial charge in [-0.3, -0.25) is 0 Å². The van der Waals surface area contributed by atoms with E-state index in [-0.39, 0.29) is 0 Å². The van der Waals surface area contributed by atoms with Crippen molar-refractivity contribution in [2.24, 2.45) is 5.73 Å². The minimum Gasteiger partial charge on any atom is -0.330 e. The Morgan fingerprint density at radius 1 is 1.29 bits per heavy atom. The molecule has 5 heteroatoms. The zero-order valence-electron chi connectivity index (χ0n) is 7.65. The zero-order chi connectivity index (χ0) is 9.97. The maximum atomic E-state index is 5.42. The van der Waals surface area contributed by atoms with E-state index in [1.165, 1.54) is 0 Å². The van der Waals surface area contributed by atoms with Crippen molar-refractivity contribution in [2.75, 3.05) is 6.54 Å². The summed E-state index contributed by atoms with van der Waals surface area (Å²) in [5.41, 5.74) is 7.25. The second kappa shape index (κ2) is 4.06. The van der Waals surface area contributed by atoms with Gasteiger partial charge in [0.1, 0.15) is 11.0 Å². The first-order valence-corrected chi connectivity index (χ1v) is 5.29. The standard InChI is InChI=1S/C9H11BrN4/c10-7-2-3-8-9(6-7)13-14(12-8)5-1-4-11/h2-3,6H,1,4-5,11H2. The fourth-order valence-electron chi connectivity index (χ4n) is 1.27. The minimum absolute atomic E-state index is 0.668. The van der Waals surface area contributed by atoms with Crippen LogP contribution >= 0.6 is 15.9 Å². The van der Waals surface area contributed by atoms with Crippen LogP contribution in [0.3, 0.4) is 0 Å². The summed E-state index contributed by atoms with van der Waals surface area (Å²) in [4.78, 5) is 1.70. The van der Waals surface area contributed by atoms with E-state index in [0.717, 1.165) is 28.5 Å². The van der Waals surface area contributed by atoms with Gasteiger partial charge in [-0.05, 0) is 31.2 Å². The Morgan fingerprint density at radius 3 is 2.86 bits per heavy atom. The van der Waals surface area contributed by atoms with E-state index in [2.05, 4.69) is 26.1 Å². The lowest BCUT2D eigenvalue weighted by Gasteiger charge is -1.94. The number of nitrogens with zero attached hydrogens (tertiary/aromatic N) is 3. The molecule has 0 fully saturated rings. The lowest BCUT2D eigenvalue weighted by molar-refractivity contribution is 0.523. The van der Waals surface area contributed by atoms with Gasteiger partial charge in [0, 0.05) is 4.47 Å². The van der Waals surface area contributed by atoms with Gasteiger partial charge in [-0.2, -0.15) is 15.0 Å². The SMILES string of the molecule is NCCCn1nc2ccc(Br)cc2n1. The normalized spacial score (nSPS) is 11.0. The van der Waals surface area contributed by atoms with Crippen LogP contribution in [0, 0.1) is 0 Å². The number of hydrogen-bond donors (Lipinski definition) is 1. The number of hydrogen-bond acceptors (Lipinski definition) is 3. The lowest BCUT2D eigenvalue weighted by Crippen LogP contribution is -2.07. The Morgan fingerprint density at radius 2 is 2.07 bits per heavy atom. The van der Waals surface area contributed by atoms with Crippen molar-refractivity contribution in [2.45, 2.75) is 13.0 Å². The van der Waals surface area contributed by atoms with Crippen LogP contribution in [0.25, 0.3) is 11.0 Å². The molecule has 74 valence electrons. The molecule has 0 aliphatic heterocycles. The second-order valence-corrected chi connectivity index (χ2v) is 3.99. The average Bonchev–Trinajstić information content (AvgIpc) is 2.56. The Kier molecular flexibility index (Phi) is 2.79. The smallest absolute Gasteiger partial charge is 0.114 e. The van der Waals surface area contributed by atoms with E-state index in [1.807, 2.05) is 18.2 Å². The molecule has 14 heavy (non-hydrogen) atoms. The highest BCUT2D eigenvalue weighted by atomic mass is 79.9. The Balaban J connectivity index is 2.32. The molecule has 0 aliphatic rings. The van der Waals surface area contributed by atoms with Gasteiger partial charge in [0.2, 0.25) is 0 Å². The van der Waals surface area contributed by atoms with E-state index >= 15 is 0 Å². The summed E-state index contributed by atoms with van der Waals surface area (Å²) in [7, 11) is 0. The largest absolute Gasteiger partial charge is 0.330 e. The maximum absolute atomic E-state index is 5.42. The van der Waals surface area contributed by atoms with Gasteiger partial charge in [0.15, 0.2) is 0 Å². The van der Waals surface area contributed by atoms with E-state index < -0.39 is 0 Å². The number of halogens is 1. The molecule has 0 bridgehead atoms. The molecular weight excluding hydrogens is 244 g/mol. The molecule has 0 saturated heterocycles. The highest BCUT2D eigenvalue weighted by Crippen LogP contribution is 2.16. The predicted octanol–water partition coefficient (Wildman–Crippen LogP) is 1.54. The van der Waals surface area contributed by atoms with Crippen molar-refractivity contribution >= 4 is 27.0 Å². The maximum Gasteiger partial charge on any atom is 0.114 e. The molecule has 0 atom stereocenters. The molecule has 0 amide bonds. The Bertz CT molecular complexity index is 437. The Labute approximate surface area is 90.2 Å². The molecule has 4 nitrogen and oxygen atoms in total. The molecule has 0 aliphatic carbocycles.